The van der Waals surface area contributed by atoms with Gasteiger partial charge in [-0.15, -0.1) is 0 Å². The summed E-state index contributed by atoms with van der Waals surface area (Å²) in [6, 6.07) is 12.1. The molecule has 2 saturated heterocycles. The molecule has 8 nitrogen and oxygen atoms in total. The Hall–Kier alpha value is -3.26. The molecule has 0 aliphatic carbocycles. The Labute approximate surface area is 194 Å². The maximum Gasteiger partial charge on any atom is 0.162 e. The molecule has 2 aliphatic heterocycles. The summed E-state index contributed by atoms with van der Waals surface area (Å²) >= 11 is 0. The molecule has 0 spiro atoms. The highest BCUT2D eigenvalue weighted by molar-refractivity contribution is 5.92. The van der Waals surface area contributed by atoms with Crippen LogP contribution in [0.2, 0.25) is 0 Å². The molecule has 3 heterocycles. The van der Waals surface area contributed by atoms with Crippen LogP contribution < -0.4 is 24.0 Å². The van der Waals surface area contributed by atoms with Gasteiger partial charge in [0.2, 0.25) is 0 Å². The van der Waals surface area contributed by atoms with Gasteiger partial charge in [0.1, 0.15) is 17.4 Å². The predicted molar refractivity (Wildman–Crippen MR) is 128 cm³/mol. The summed E-state index contributed by atoms with van der Waals surface area (Å²) in [5.74, 6) is 4.26. The second-order valence-electron chi connectivity index (χ2n) is 8.34. The molecule has 0 bridgehead atoms. The van der Waals surface area contributed by atoms with Crippen molar-refractivity contribution in [3.63, 3.8) is 0 Å². The van der Waals surface area contributed by atoms with Crippen molar-refractivity contribution in [2.45, 2.75) is 12.3 Å². The number of ether oxygens (including phenoxy) is 4. The molecule has 0 amide bonds. The maximum atomic E-state index is 5.62. The lowest BCUT2D eigenvalue weighted by Crippen LogP contribution is -2.47. The van der Waals surface area contributed by atoms with Crippen molar-refractivity contribution < 1.29 is 18.9 Å². The SMILES string of the molecule is COc1cc2nc(C3CCOC3)nc(N3CCN(c4ccccc4OC)CC3)c2cc1OC. The van der Waals surface area contributed by atoms with Gasteiger partial charge in [0, 0.05) is 50.2 Å². The monoisotopic (exact) mass is 450 g/mol. The lowest BCUT2D eigenvalue weighted by atomic mass is 10.1. The zero-order chi connectivity index (χ0) is 22.8. The lowest BCUT2D eigenvalue weighted by molar-refractivity contribution is 0.193. The zero-order valence-corrected chi connectivity index (χ0v) is 19.4. The van der Waals surface area contributed by atoms with E-state index < -0.39 is 0 Å². The van der Waals surface area contributed by atoms with Crippen molar-refractivity contribution in [2.75, 3.05) is 70.5 Å². The fourth-order valence-corrected chi connectivity index (χ4v) is 4.67. The van der Waals surface area contributed by atoms with Crippen molar-refractivity contribution in [1.82, 2.24) is 9.97 Å². The molecule has 1 aromatic heterocycles. The van der Waals surface area contributed by atoms with E-state index in [0.29, 0.717) is 18.1 Å². The number of fused-ring (bicyclic) bond motifs is 1. The van der Waals surface area contributed by atoms with Crippen LogP contribution in [-0.2, 0) is 4.74 Å². The molecular formula is C25H30N4O4. The summed E-state index contributed by atoms with van der Waals surface area (Å²) in [6.07, 6.45) is 0.944. The van der Waals surface area contributed by atoms with Gasteiger partial charge in [-0.05, 0) is 24.6 Å². The largest absolute Gasteiger partial charge is 0.495 e. The van der Waals surface area contributed by atoms with E-state index in [0.717, 1.165) is 73.2 Å². The van der Waals surface area contributed by atoms with Crippen molar-refractivity contribution in [3.8, 4) is 17.2 Å². The summed E-state index contributed by atoms with van der Waals surface area (Å²) in [5, 5.41) is 0.973. The van der Waals surface area contributed by atoms with Gasteiger partial charge in [-0.25, -0.2) is 9.97 Å². The predicted octanol–water partition coefficient (Wildman–Crippen LogP) is 3.49. The summed E-state index contributed by atoms with van der Waals surface area (Å²) in [4.78, 5) is 14.7. The standard InChI is InChI=1S/C25H30N4O4/c1-30-21-7-5-4-6-20(21)28-9-11-29(12-10-28)25-18-14-22(31-2)23(32-3)15-19(18)26-24(27-25)17-8-13-33-16-17/h4-7,14-15,17H,8-13,16H2,1-3H3. The second-order valence-corrected chi connectivity index (χ2v) is 8.34. The van der Waals surface area contributed by atoms with Crippen molar-refractivity contribution in [3.05, 3.63) is 42.2 Å². The molecule has 0 N–H and O–H groups in total. The van der Waals surface area contributed by atoms with Crippen molar-refractivity contribution in [1.29, 1.82) is 0 Å². The topological polar surface area (TPSA) is 69.2 Å². The normalized spacial score (nSPS) is 18.6. The van der Waals surface area contributed by atoms with Gasteiger partial charge < -0.3 is 28.7 Å². The van der Waals surface area contributed by atoms with E-state index in [1.807, 2.05) is 24.3 Å². The Morgan fingerprint density at radius 1 is 0.848 bits per heavy atom. The fraction of sp³-hybridized carbons (Fsp3) is 0.440. The Bertz CT molecular complexity index is 1120. The number of piperazine rings is 1. The van der Waals surface area contributed by atoms with Gasteiger partial charge in [-0.2, -0.15) is 0 Å². The van der Waals surface area contributed by atoms with Gasteiger partial charge in [-0.1, -0.05) is 12.1 Å². The number of anilines is 2. The van der Waals surface area contributed by atoms with Crippen LogP contribution in [0, 0.1) is 0 Å². The quantitative estimate of drug-likeness (QED) is 0.565. The number of hydrogen-bond donors (Lipinski definition) is 0. The van der Waals surface area contributed by atoms with E-state index in [1.165, 1.54) is 0 Å². The average molecular weight is 451 g/mol. The summed E-state index contributed by atoms with van der Waals surface area (Å²) in [6.45, 7) is 4.87. The minimum Gasteiger partial charge on any atom is -0.495 e. The minimum atomic E-state index is 0.219. The van der Waals surface area contributed by atoms with E-state index in [2.05, 4.69) is 21.9 Å². The average Bonchev–Trinajstić information content (AvgIpc) is 3.42. The maximum absolute atomic E-state index is 5.62. The van der Waals surface area contributed by atoms with Gasteiger partial charge in [-0.3, -0.25) is 0 Å². The number of aromatic nitrogens is 2. The third-order valence-electron chi connectivity index (χ3n) is 6.50. The van der Waals surface area contributed by atoms with Crippen LogP contribution in [-0.4, -0.2) is 70.7 Å². The Morgan fingerprint density at radius 2 is 1.55 bits per heavy atom. The summed E-state index contributed by atoms with van der Waals surface area (Å²) < 4.78 is 22.3. The molecule has 0 radical (unpaired) electrons. The van der Waals surface area contributed by atoms with Gasteiger partial charge in [0.15, 0.2) is 11.5 Å². The molecule has 3 aromatic rings. The summed E-state index contributed by atoms with van der Waals surface area (Å²) in [5.41, 5.74) is 1.99. The van der Waals surface area contributed by atoms with E-state index in [9.17, 15) is 0 Å². The van der Waals surface area contributed by atoms with E-state index in [1.54, 1.807) is 21.3 Å². The third kappa shape index (κ3) is 4.11. The van der Waals surface area contributed by atoms with Crippen LogP contribution in [0.4, 0.5) is 11.5 Å². The van der Waals surface area contributed by atoms with Gasteiger partial charge in [0.05, 0.1) is 39.1 Å². The molecule has 33 heavy (non-hydrogen) atoms. The lowest BCUT2D eigenvalue weighted by Gasteiger charge is -2.37. The van der Waals surface area contributed by atoms with E-state index in [-0.39, 0.29) is 5.92 Å². The van der Waals surface area contributed by atoms with Crippen LogP contribution >= 0.6 is 0 Å². The van der Waals surface area contributed by atoms with Crippen LogP contribution in [0.1, 0.15) is 18.2 Å². The number of methoxy groups -OCH3 is 3. The summed E-state index contributed by atoms with van der Waals surface area (Å²) in [7, 11) is 5.02. The fourth-order valence-electron chi connectivity index (χ4n) is 4.67. The number of para-hydroxylation sites is 2. The molecule has 1 unspecified atom stereocenters. The highest BCUT2D eigenvalue weighted by Crippen LogP contribution is 2.37. The first-order valence-electron chi connectivity index (χ1n) is 11.4. The molecule has 2 aromatic carbocycles. The minimum absolute atomic E-state index is 0.219. The molecule has 8 heteroatoms. The van der Waals surface area contributed by atoms with Crippen LogP contribution in [0.25, 0.3) is 10.9 Å². The van der Waals surface area contributed by atoms with Crippen LogP contribution in [0.3, 0.4) is 0 Å². The van der Waals surface area contributed by atoms with E-state index >= 15 is 0 Å². The first-order chi connectivity index (χ1) is 16.2. The first kappa shape index (κ1) is 21.6. The molecule has 2 aliphatic rings. The Balaban J connectivity index is 1.50. The third-order valence-corrected chi connectivity index (χ3v) is 6.50. The molecule has 174 valence electrons. The molecule has 2 fully saturated rings. The van der Waals surface area contributed by atoms with Crippen LogP contribution in [0.15, 0.2) is 36.4 Å². The molecule has 0 saturated carbocycles. The Kier molecular flexibility index (Phi) is 6.09. The second kappa shape index (κ2) is 9.31. The van der Waals surface area contributed by atoms with Crippen LogP contribution in [0.5, 0.6) is 17.2 Å². The zero-order valence-electron chi connectivity index (χ0n) is 19.4. The molecule has 1 atom stereocenters. The highest BCUT2D eigenvalue weighted by atomic mass is 16.5. The number of nitrogens with zero attached hydrogens (tertiary/aromatic N) is 4. The number of rotatable bonds is 6. The van der Waals surface area contributed by atoms with Crippen molar-refractivity contribution >= 4 is 22.4 Å². The molecular weight excluding hydrogens is 420 g/mol. The Morgan fingerprint density at radius 3 is 2.24 bits per heavy atom. The number of benzene rings is 2. The first-order valence-corrected chi connectivity index (χ1v) is 11.4. The molecule has 5 rings (SSSR count). The smallest absolute Gasteiger partial charge is 0.162 e. The highest BCUT2D eigenvalue weighted by Gasteiger charge is 2.27. The van der Waals surface area contributed by atoms with Gasteiger partial charge in [0.25, 0.3) is 0 Å². The van der Waals surface area contributed by atoms with E-state index in [4.69, 9.17) is 28.9 Å². The van der Waals surface area contributed by atoms with Gasteiger partial charge >= 0.3 is 0 Å². The number of hydrogen-bond acceptors (Lipinski definition) is 8. The van der Waals surface area contributed by atoms with Crippen molar-refractivity contribution in [2.24, 2.45) is 0 Å².